The molecule has 2 aromatic carbocycles. The lowest BCUT2D eigenvalue weighted by molar-refractivity contribution is -0.116. The van der Waals surface area contributed by atoms with E-state index in [1.54, 1.807) is 18.2 Å². The van der Waals surface area contributed by atoms with Gasteiger partial charge in [0.2, 0.25) is 11.8 Å². The van der Waals surface area contributed by atoms with Crippen LogP contribution in [-0.2, 0) is 22.6 Å². The summed E-state index contributed by atoms with van der Waals surface area (Å²) in [5, 5.41) is 15.3. The summed E-state index contributed by atoms with van der Waals surface area (Å²) in [6, 6.07) is 10.7. The van der Waals surface area contributed by atoms with Crippen molar-refractivity contribution >= 4 is 80.7 Å². The SMILES string of the molecule is CCn1c(CC(=O)Nc2ccc(Cl)c(Cl)c2)nnc1SCC(=O)Nc1ccc(I)cc1C. The van der Waals surface area contributed by atoms with Crippen molar-refractivity contribution in [2.24, 2.45) is 0 Å². The van der Waals surface area contributed by atoms with E-state index in [2.05, 4.69) is 43.4 Å². The third-order valence-corrected chi connectivity index (χ3v) is 6.80. The summed E-state index contributed by atoms with van der Waals surface area (Å²) in [5.41, 5.74) is 2.33. The number of thioether (sulfide) groups is 1. The average Bonchev–Trinajstić information content (AvgIpc) is 3.12. The van der Waals surface area contributed by atoms with Crippen LogP contribution in [-0.4, -0.2) is 32.3 Å². The van der Waals surface area contributed by atoms with Gasteiger partial charge in [-0.1, -0.05) is 35.0 Å². The van der Waals surface area contributed by atoms with Crippen molar-refractivity contribution in [3.8, 4) is 0 Å². The van der Waals surface area contributed by atoms with Gasteiger partial charge in [-0.25, -0.2) is 0 Å². The molecule has 0 atom stereocenters. The number of benzene rings is 2. The zero-order valence-electron chi connectivity index (χ0n) is 17.3. The van der Waals surface area contributed by atoms with Crippen LogP contribution in [0.1, 0.15) is 18.3 Å². The molecule has 2 N–H and O–H groups in total. The fourth-order valence-electron chi connectivity index (χ4n) is 2.88. The highest BCUT2D eigenvalue weighted by Crippen LogP contribution is 2.25. The number of nitrogens with one attached hydrogen (secondary N) is 2. The number of hydrogen-bond donors (Lipinski definition) is 2. The lowest BCUT2D eigenvalue weighted by Crippen LogP contribution is -2.18. The molecule has 0 unspecified atom stereocenters. The number of halogens is 3. The second kappa shape index (κ2) is 11.4. The van der Waals surface area contributed by atoms with Crippen LogP contribution in [0.25, 0.3) is 0 Å². The van der Waals surface area contributed by atoms with Crippen LogP contribution >= 0.6 is 57.6 Å². The van der Waals surface area contributed by atoms with E-state index < -0.39 is 0 Å². The van der Waals surface area contributed by atoms with Crippen molar-refractivity contribution in [1.82, 2.24) is 14.8 Å². The zero-order chi connectivity index (χ0) is 23.3. The molecule has 7 nitrogen and oxygen atoms in total. The number of aryl methyl sites for hydroxylation is 1. The number of carbonyl (C=O) groups excluding carboxylic acids is 2. The molecule has 0 spiro atoms. The molecule has 3 rings (SSSR count). The van der Waals surface area contributed by atoms with Crippen LogP contribution in [0, 0.1) is 10.5 Å². The lowest BCUT2D eigenvalue weighted by atomic mass is 10.2. The van der Waals surface area contributed by atoms with Gasteiger partial charge in [0.15, 0.2) is 5.16 Å². The number of rotatable bonds is 8. The van der Waals surface area contributed by atoms with E-state index in [9.17, 15) is 9.59 Å². The van der Waals surface area contributed by atoms with Gasteiger partial charge in [-0.3, -0.25) is 9.59 Å². The Morgan fingerprint density at radius 2 is 1.84 bits per heavy atom. The molecule has 0 saturated heterocycles. The van der Waals surface area contributed by atoms with Crippen LogP contribution < -0.4 is 10.6 Å². The summed E-state index contributed by atoms with van der Waals surface area (Å²) in [6.07, 6.45) is 0.0374. The standard InChI is InChI=1S/C21H20Cl2IN5O2S/c1-3-29-18(10-19(30)25-14-5-6-15(22)16(23)9-14)27-28-21(29)32-11-20(31)26-17-7-4-13(24)8-12(17)2/h4-9H,3,10-11H2,1-2H3,(H,25,30)(H,26,31). The maximum atomic E-state index is 12.4. The molecular formula is C21H20Cl2IN5O2S. The fraction of sp³-hybridized carbons (Fsp3) is 0.238. The fourth-order valence-corrected chi connectivity index (χ4v) is 4.65. The lowest BCUT2D eigenvalue weighted by Gasteiger charge is -2.10. The molecule has 0 radical (unpaired) electrons. The van der Waals surface area contributed by atoms with Crippen molar-refractivity contribution in [3.63, 3.8) is 0 Å². The largest absolute Gasteiger partial charge is 0.326 e. The number of hydrogen-bond acceptors (Lipinski definition) is 5. The van der Waals surface area contributed by atoms with Crippen molar-refractivity contribution < 1.29 is 9.59 Å². The maximum Gasteiger partial charge on any atom is 0.234 e. The van der Waals surface area contributed by atoms with E-state index >= 15 is 0 Å². The molecule has 3 aromatic rings. The van der Waals surface area contributed by atoms with E-state index in [1.807, 2.05) is 36.6 Å². The van der Waals surface area contributed by atoms with Gasteiger partial charge in [-0.15, -0.1) is 10.2 Å². The van der Waals surface area contributed by atoms with Gasteiger partial charge in [-0.2, -0.15) is 0 Å². The first-order valence-electron chi connectivity index (χ1n) is 9.62. The van der Waals surface area contributed by atoms with E-state index in [0.29, 0.717) is 33.3 Å². The minimum absolute atomic E-state index is 0.0374. The third-order valence-electron chi connectivity index (χ3n) is 4.43. The predicted octanol–water partition coefficient (Wildman–Crippen LogP) is 5.43. The third kappa shape index (κ3) is 6.60. The summed E-state index contributed by atoms with van der Waals surface area (Å²) in [5.74, 6) is 0.304. The molecule has 0 aliphatic carbocycles. The maximum absolute atomic E-state index is 12.4. The summed E-state index contributed by atoms with van der Waals surface area (Å²) >= 11 is 15.4. The van der Waals surface area contributed by atoms with Crippen LogP contribution in [0.4, 0.5) is 11.4 Å². The van der Waals surface area contributed by atoms with Gasteiger partial charge in [0.05, 0.1) is 22.2 Å². The van der Waals surface area contributed by atoms with E-state index in [-0.39, 0.29) is 24.0 Å². The normalized spacial score (nSPS) is 10.8. The van der Waals surface area contributed by atoms with Gasteiger partial charge in [-0.05, 0) is 78.4 Å². The van der Waals surface area contributed by atoms with Crippen molar-refractivity contribution in [2.75, 3.05) is 16.4 Å². The van der Waals surface area contributed by atoms with Gasteiger partial charge in [0.25, 0.3) is 0 Å². The smallest absolute Gasteiger partial charge is 0.234 e. The van der Waals surface area contributed by atoms with Crippen molar-refractivity contribution in [1.29, 1.82) is 0 Å². The van der Waals surface area contributed by atoms with Crippen molar-refractivity contribution in [3.05, 3.63) is 61.4 Å². The number of amides is 2. The van der Waals surface area contributed by atoms with Crippen LogP contribution in [0.15, 0.2) is 41.6 Å². The summed E-state index contributed by atoms with van der Waals surface area (Å²) in [7, 11) is 0. The summed E-state index contributed by atoms with van der Waals surface area (Å²) in [4.78, 5) is 24.8. The minimum atomic E-state index is -0.256. The summed E-state index contributed by atoms with van der Waals surface area (Å²) < 4.78 is 2.93. The Morgan fingerprint density at radius 1 is 1.06 bits per heavy atom. The molecule has 1 aromatic heterocycles. The highest BCUT2D eigenvalue weighted by atomic mass is 127. The van der Waals surface area contributed by atoms with Gasteiger partial charge < -0.3 is 15.2 Å². The molecule has 0 bridgehead atoms. The van der Waals surface area contributed by atoms with E-state index in [0.717, 1.165) is 14.8 Å². The molecule has 0 saturated carbocycles. The number of carbonyl (C=O) groups is 2. The first kappa shape index (κ1) is 24.8. The Kier molecular flexibility index (Phi) is 8.80. The Bertz CT molecular complexity index is 1160. The first-order valence-corrected chi connectivity index (χ1v) is 12.4. The molecule has 32 heavy (non-hydrogen) atoms. The van der Waals surface area contributed by atoms with Crippen LogP contribution in [0.3, 0.4) is 0 Å². The zero-order valence-corrected chi connectivity index (χ0v) is 21.8. The van der Waals surface area contributed by atoms with Gasteiger partial charge >= 0.3 is 0 Å². The molecular weight excluding hydrogens is 584 g/mol. The van der Waals surface area contributed by atoms with Crippen LogP contribution in [0.5, 0.6) is 0 Å². The topological polar surface area (TPSA) is 88.9 Å². The Morgan fingerprint density at radius 3 is 2.53 bits per heavy atom. The summed E-state index contributed by atoms with van der Waals surface area (Å²) in [6.45, 7) is 4.46. The quantitative estimate of drug-likeness (QED) is 0.265. The van der Waals surface area contributed by atoms with Crippen LogP contribution in [0.2, 0.25) is 10.0 Å². The highest BCUT2D eigenvalue weighted by molar-refractivity contribution is 14.1. The number of aromatic nitrogens is 3. The second-order valence-corrected chi connectivity index (χ2v) is 9.80. The molecule has 168 valence electrons. The van der Waals surface area contributed by atoms with E-state index in [4.69, 9.17) is 23.2 Å². The van der Waals surface area contributed by atoms with E-state index in [1.165, 1.54) is 11.8 Å². The first-order chi connectivity index (χ1) is 15.3. The Hall–Kier alpha value is -1.82. The number of anilines is 2. The predicted molar refractivity (Wildman–Crippen MR) is 138 cm³/mol. The van der Waals surface area contributed by atoms with Gasteiger partial charge in [0.1, 0.15) is 5.82 Å². The molecule has 0 aliphatic rings. The monoisotopic (exact) mass is 603 g/mol. The highest BCUT2D eigenvalue weighted by Gasteiger charge is 2.16. The molecule has 1 heterocycles. The Labute approximate surface area is 213 Å². The Balaban J connectivity index is 1.59. The molecule has 11 heteroatoms. The number of nitrogens with zero attached hydrogens (tertiary/aromatic N) is 3. The minimum Gasteiger partial charge on any atom is -0.326 e. The van der Waals surface area contributed by atoms with Gasteiger partial charge in [0, 0.05) is 21.5 Å². The molecule has 0 aliphatic heterocycles. The molecule has 2 amide bonds. The molecule has 0 fully saturated rings. The second-order valence-electron chi connectivity index (χ2n) is 6.79. The van der Waals surface area contributed by atoms with Crippen molar-refractivity contribution in [2.45, 2.75) is 32.0 Å². The average molecular weight is 604 g/mol.